The third-order valence-electron chi connectivity index (χ3n) is 1.97. The van der Waals surface area contributed by atoms with Crippen LogP contribution in [-0.4, -0.2) is 36.2 Å². The van der Waals surface area contributed by atoms with Gasteiger partial charge in [-0.05, 0) is 19.9 Å². The Kier molecular flexibility index (Phi) is 9.18. The van der Waals surface area contributed by atoms with Gasteiger partial charge in [0.1, 0.15) is 0 Å². The molecule has 0 saturated heterocycles. The fourth-order valence-electron chi connectivity index (χ4n) is 1.20. The Hall–Kier alpha value is -0.520. The lowest BCUT2D eigenvalue weighted by Crippen LogP contribution is -2.28. The smallest absolute Gasteiger partial charge is 0.0558 e. The van der Waals surface area contributed by atoms with Crippen LogP contribution in [0, 0.1) is 11.8 Å². The highest BCUT2D eigenvalue weighted by Crippen LogP contribution is 1.95. The Morgan fingerprint density at radius 2 is 2.00 bits per heavy atom. The second-order valence-corrected chi connectivity index (χ2v) is 3.10. The molecule has 0 aromatic rings. The van der Waals surface area contributed by atoms with Crippen LogP contribution in [0.4, 0.5) is 0 Å². The van der Waals surface area contributed by atoms with Gasteiger partial charge in [-0.1, -0.05) is 13.3 Å². The monoisotopic (exact) mass is 183 g/mol. The van der Waals surface area contributed by atoms with E-state index in [1.807, 2.05) is 6.92 Å². The first-order valence-electron chi connectivity index (χ1n) is 5.08. The topological polar surface area (TPSA) is 23.5 Å². The standard InChI is InChI=1S/C11H21NO/c1-3-5-7-9-12(10-11-13)8-6-4-2/h13H,4,6-11H2,1-2H3. The Bertz CT molecular complexity index is 157. The molecule has 0 aromatic carbocycles. The van der Waals surface area contributed by atoms with Gasteiger partial charge in [-0.15, -0.1) is 11.8 Å². The highest BCUT2D eigenvalue weighted by molar-refractivity contribution is 4.95. The molecule has 0 heterocycles. The molecule has 0 atom stereocenters. The summed E-state index contributed by atoms with van der Waals surface area (Å²) >= 11 is 0. The van der Waals surface area contributed by atoms with E-state index >= 15 is 0 Å². The molecule has 0 spiro atoms. The minimum absolute atomic E-state index is 0.253. The molecule has 76 valence electrons. The first-order chi connectivity index (χ1) is 6.35. The summed E-state index contributed by atoms with van der Waals surface area (Å²) < 4.78 is 0. The zero-order valence-electron chi connectivity index (χ0n) is 8.84. The van der Waals surface area contributed by atoms with Crippen LogP contribution in [0.5, 0.6) is 0 Å². The second kappa shape index (κ2) is 9.57. The third kappa shape index (κ3) is 7.83. The van der Waals surface area contributed by atoms with Crippen molar-refractivity contribution in [2.75, 3.05) is 26.2 Å². The summed E-state index contributed by atoms with van der Waals surface area (Å²) in [7, 11) is 0. The van der Waals surface area contributed by atoms with E-state index in [9.17, 15) is 0 Å². The summed E-state index contributed by atoms with van der Waals surface area (Å²) in [6.45, 7) is 7.16. The normalized spacial score (nSPS) is 9.85. The Morgan fingerprint density at radius 1 is 1.23 bits per heavy atom. The third-order valence-corrected chi connectivity index (χ3v) is 1.97. The fourth-order valence-corrected chi connectivity index (χ4v) is 1.20. The quantitative estimate of drug-likeness (QED) is 0.605. The minimum Gasteiger partial charge on any atom is -0.395 e. The molecular weight excluding hydrogens is 162 g/mol. The zero-order chi connectivity index (χ0) is 9.94. The highest BCUT2D eigenvalue weighted by Gasteiger charge is 2.01. The van der Waals surface area contributed by atoms with Gasteiger partial charge < -0.3 is 10.0 Å². The van der Waals surface area contributed by atoms with Gasteiger partial charge in [0.25, 0.3) is 0 Å². The van der Waals surface area contributed by atoms with Crippen LogP contribution in [0.3, 0.4) is 0 Å². The van der Waals surface area contributed by atoms with E-state index in [1.165, 1.54) is 12.8 Å². The summed E-state index contributed by atoms with van der Waals surface area (Å²) in [6.07, 6.45) is 3.33. The number of rotatable bonds is 7. The van der Waals surface area contributed by atoms with Gasteiger partial charge in [0.2, 0.25) is 0 Å². The van der Waals surface area contributed by atoms with Crippen LogP contribution < -0.4 is 0 Å². The first kappa shape index (κ1) is 12.5. The van der Waals surface area contributed by atoms with Crippen LogP contribution in [0.15, 0.2) is 0 Å². The van der Waals surface area contributed by atoms with Gasteiger partial charge >= 0.3 is 0 Å². The van der Waals surface area contributed by atoms with Gasteiger partial charge in [-0.2, -0.15) is 0 Å². The maximum Gasteiger partial charge on any atom is 0.0558 e. The number of aliphatic hydroxyl groups excluding tert-OH is 1. The molecule has 0 radical (unpaired) electrons. The van der Waals surface area contributed by atoms with Gasteiger partial charge in [-0.3, -0.25) is 0 Å². The fraction of sp³-hybridized carbons (Fsp3) is 0.818. The van der Waals surface area contributed by atoms with Crippen molar-refractivity contribution in [1.29, 1.82) is 0 Å². The highest BCUT2D eigenvalue weighted by atomic mass is 16.3. The Morgan fingerprint density at radius 3 is 2.54 bits per heavy atom. The van der Waals surface area contributed by atoms with Crippen LogP contribution in [0.2, 0.25) is 0 Å². The van der Waals surface area contributed by atoms with Gasteiger partial charge in [0.15, 0.2) is 0 Å². The molecule has 1 N–H and O–H groups in total. The second-order valence-electron chi connectivity index (χ2n) is 3.10. The van der Waals surface area contributed by atoms with Crippen molar-refractivity contribution in [2.24, 2.45) is 0 Å². The zero-order valence-corrected chi connectivity index (χ0v) is 8.84. The van der Waals surface area contributed by atoms with E-state index in [-0.39, 0.29) is 6.61 Å². The molecule has 0 amide bonds. The molecule has 0 bridgehead atoms. The number of hydrogen-bond donors (Lipinski definition) is 1. The largest absolute Gasteiger partial charge is 0.395 e. The molecule has 0 saturated carbocycles. The summed E-state index contributed by atoms with van der Waals surface area (Å²) in [5, 5.41) is 8.81. The predicted octanol–water partition coefficient (Wildman–Crippen LogP) is 1.49. The lowest BCUT2D eigenvalue weighted by Gasteiger charge is -2.19. The van der Waals surface area contributed by atoms with E-state index in [4.69, 9.17) is 5.11 Å². The maximum absolute atomic E-state index is 8.81. The lowest BCUT2D eigenvalue weighted by atomic mass is 10.3. The number of nitrogens with zero attached hydrogens (tertiary/aromatic N) is 1. The van der Waals surface area contributed by atoms with E-state index < -0.39 is 0 Å². The maximum atomic E-state index is 8.81. The molecule has 0 aromatic heterocycles. The SMILES string of the molecule is CC#CCCN(CCO)CCCC. The summed E-state index contributed by atoms with van der Waals surface area (Å²) in [5.74, 6) is 5.92. The van der Waals surface area contributed by atoms with Crippen LogP contribution >= 0.6 is 0 Å². The number of hydrogen-bond acceptors (Lipinski definition) is 2. The van der Waals surface area contributed by atoms with Crippen LogP contribution in [0.1, 0.15) is 33.1 Å². The van der Waals surface area contributed by atoms with Crippen molar-refractivity contribution in [1.82, 2.24) is 4.90 Å². The first-order valence-corrected chi connectivity index (χ1v) is 5.08. The van der Waals surface area contributed by atoms with E-state index in [1.54, 1.807) is 0 Å². The van der Waals surface area contributed by atoms with Crippen molar-refractivity contribution < 1.29 is 5.11 Å². The molecular formula is C11H21NO. The molecule has 13 heavy (non-hydrogen) atoms. The Labute approximate surface area is 81.9 Å². The van der Waals surface area contributed by atoms with E-state index in [0.29, 0.717) is 0 Å². The average Bonchev–Trinajstić information content (AvgIpc) is 2.14. The molecule has 0 aliphatic heterocycles. The molecule has 0 aliphatic carbocycles. The molecule has 0 fully saturated rings. The average molecular weight is 183 g/mol. The van der Waals surface area contributed by atoms with Crippen molar-refractivity contribution in [3.8, 4) is 11.8 Å². The number of unbranched alkanes of at least 4 members (excludes halogenated alkanes) is 1. The van der Waals surface area contributed by atoms with E-state index in [0.717, 1.165) is 26.1 Å². The predicted molar refractivity (Wildman–Crippen MR) is 56.5 cm³/mol. The van der Waals surface area contributed by atoms with Crippen molar-refractivity contribution >= 4 is 0 Å². The molecule has 2 heteroatoms. The molecule has 2 nitrogen and oxygen atoms in total. The summed E-state index contributed by atoms with van der Waals surface area (Å²) in [5.41, 5.74) is 0. The Balaban J connectivity index is 3.57. The van der Waals surface area contributed by atoms with Crippen molar-refractivity contribution in [3.05, 3.63) is 0 Å². The molecule has 0 aliphatic rings. The number of aliphatic hydroxyl groups is 1. The van der Waals surface area contributed by atoms with Gasteiger partial charge in [-0.25, -0.2) is 0 Å². The van der Waals surface area contributed by atoms with Crippen molar-refractivity contribution in [2.45, 2.75) is 33.1 Å². The van der Waals surface area contributed by atoms with Crippen LogP contribution in [-0.2, 0) is 0 Å². The lowest BCUT2D eigenvalue weighted by molar-refractivity contribution is 0.196. The minimum atomic E-state index is 0.253. The van der Waals surface area contributed by atoms with E-state index in [2.05, 4.69) is 23.7 Å². The van der Waals surface area contributed by atoms with Gasteiger partial charge in [0.05, 0.1) is 6.61 Å². The summed E-state index contributed by atoms with van der Waals surface area (Å²) in [4.78, 5) is 2.27. The van der Waals surface area contributed by atoms with Crippen LogP contribution in [0.25, 0.3) is 0 Å². The van der Waals surface area contributed by atoms with Crippen molar-refractivity contribution in [3.63, 3.8) is 0 Å². The van der Waals surface area contributed by atoms with Gasteiger partial charge in [0, 0.05) is 19.5 Å². The summed E-state index contributed by atoms with van der Waals surface area (Å²) in [6, 6.07) is 0. The molecule has 0 unspecified atom stereocenters. The molecule has 0 rings (SSSR count).